The molecular weight excluding hydrogens is 222 g/mol. The lowest BCUT2D eigenvalue weighted by Gasteiger charge is -2.24. The first-order chi connectivity index (χ1) is 7.95. The number of ether oxygens (including phenoxy) is 1. The monoisotopic (exact) mass is 241 g/mol. The molecule has 6 nitrogen and oxygen atoms in total. The summed E-state index contributed by atoms with van der Waals surface area (Å²) in [7, 11) is 3.31. The summed E-state index contributed by atoms with van der Waals surface area (Å²) < 4.78 is 9.62. The number of hydrogen-bond acceptors (Lipinski definition) is 6. The third-order valence-electron chi connectivity index (χ3n) is 2.74. The molecule has 0 fully saturated rings. The molecule has 0 spiro atoms. The number of nitrogens with zero attached hydrogens (tertiary/aromatic N) is 3. The molecule has 0 aliphatic heterocycles. The van der Waals surface area contributed by atoms with Crippen LogP contribution in [0, 0.1) is 12.8 Å². The molecule has 0 N–H and O–H groups in total. The van der Waals surface area contributed by atoms with E-state index in [1.165, 1.54) is 7.11 Å². The van der Waals surface area contributed by atoms with E-state index in [-0.39, 0.29) is 17.9 Å². The van der Waals surface area contributed by atoms with Gasteiger partial charge in [0.25, 0.3) is 0 Å². The minimum atomic E-state index is -0.214. The molecule has 0 amide bonds. The van der Waals surface area contributed by atoms with E-state index in [0.717, 1.165) is 0 Å². The number of rotatable bonds is 5. The standard InChI is InChI=1S/C11H19N3O3/c1-7(11(15)16-5)6-14(4)8(2)10-12-9(3)17-13-10/h7-8H,6H2,1-5H3/t7-,8+/m0/s1. The van der Waals surface area contributed by atoms with Crippen molar-refractivity contribution in [3.63, 3.8) is 0 Å². The predicted molar refractivity (Wildman–Crippen MR) is 61.3 cm³/mol. The average Bonchev–Trinajstić information content (AvgIpc) is 2.73. The Morgan fingerprint density at radius 2 is 2.18 bits per heavy atom. The van der Waals surface area contributed by atoms with Gasteiger partial charge in [-0.2, -0.15) is 4.98 Å². The van der Waals surface area contributed by atoms with Gasteiger partial charge >= 0.3 is 5.97 Å². The van der Waals surface area contributed by atoms with Crippen molar-refractivity contribution in [2.75, 3.05) is 20.7 Å². The van der Waals surface area contributed by atoms with Crippen molar-refractivity contribution in [2.45, 2.75) is 26.8 Å². The first kappa shape index (κ1) is 13.6. The van der Waals surface area contributed by atoms with E-state index < -0.39 is 0 Å². The van der Waals surface area contributed by atoms with Gasteiger partial charge < -0.3 is 9.26 Å². The Bertz CT molecular complexity index is 378. The second kappa shape index (κ2) is 5.77. The maximum atomic E-state index is 11.3. The number of methoxy groups -OCH3 is 1. The van der Waals surface area contributed by atoms with Crippen molar-refractivity contribution >= 4 is 5.97 Å². The van der Waals surface area contributed by atoms with Crippen molar-refractivity contribution in [3.05, 3.63) is 11.7 Å². The molecule has 0 aliphatic rings. The summed E-state index contributed by atoms with van der Waals surface area (Å²) in [5.41, 5.74) is 0. The van der Waals surface area contributed by atoms with E-state index in [0.29, 0.717) is 18.3 Å². The Morgan fingerprint density at radius 3 is 2.65 bits per heavy atom. The maximum absolute atomic E-state index is 11.3. The minimum absolute atomic E-state index is 0.000411. The Kier molecular flexibility index (Phi) is 4.62. The van der Waals surface area contributed by atoms with Crippen LogP contribution in [0.2, 0.25) is 0 Å². The Hall–Kier alpha value is -1.43. The average molecular weight is 241 g/mol. The van der Waals surface area contributed by atoms with E-state index in [9.17, 15) is 4.79 Å². The second-order valence-electron chi connectivity index (χ2n) is 4.21. The van der Waals surface area contributed by atoms with Crippen molar-refractivity contribution in [1.29, 1.82) is 0 Å². The third kappa shape index (κ3) is 3.52. The van der Waals surface area contributed by atoms with Gasteiger partial charge in [0.1, 0.15) is 0 Å². The minimum Gasteiger partial charge on any atom is -0.469 e. The Balaban J connectivity index is 2.58. The van der Waals surface area contributed by atoms with Gasteiger partial charge in [-0.1, -0.05) is 12.1 Å². The molecule has 0 radical (unpaired) electrons. The molecule has 0 saturated carbocycles. The van der Waals surface area contributed by atoms with Crippen LogP contribution < -0.4 is 0 Å². The number of aromatic nitrogens is 2. The first-order valence-electron chi connectivity index (χ1n) is 5.54. The lowest BCUT2D eigenvalue weighted by Crippen LogP contribution is -2.31. The summed E-state index contributed by atoms with van der Waals surface area (Å²) in [4.78, 5) is 17.5. The fraction of sp³-hybridized carbons (Fsp3) is 0.727. The summed E-state index contributed by atoms with van der Waals surface area (Å²) in [5.74, 6) is 0.775. The van der Waals surface area contributed by atoms with Crippen molar-refractivity contribution in [2.24, 2.45) is 5.92 Å². The highest BCUT2D eigenvalue weighted by molar-refractivity contribution is 5.72. The Morgan fingerprint density at radius 1 is 1.53 bits per heavy atom. The molecule has 1 heterocycles. The van der Waals surface area contributed by atoms with Gasteiger partial charge in [0, 0.05) is 13.5 Å². The van der Waals surface area contributed by atoms with Crippen molar-refractivity contribution in [1.82, 2.24) is 15.0 Å². The first-order valence-corrected chi connectivity index (χ1v) is 5.54. The molecule has 1 rings (SSSR count). The largest absolute Gasteiger partial charge is 0.469 e. The SMILES string of the molecule is COC(=O)[C@@H](C)CN(C)[C@H](C)c1noc(C)n1. The Labute approximate surface area is 101 Å². The zero-order valence-electron chi connectivity index (χ0n) is 10.9. The number of aryl methyl sites for hydroxylation is 1. The summed E-state index contributed by atoms with van der Waals surface area (Å²) >= 11 is 0. The number of hydrogen-bond donors (Lipinski definition) is 0. The lowest BCUT2D eigenvalue weighted by atomic mass is 10.1. The highest BCUT2D eigenvalue weighted by Crippen LogP contribution is 2.16. The van der Waals surface area contributed by atoms with Crippen LogP contribution in [-0.4, -0.2) is 41.7 Å². The van der Waals surface area contributed by atoms with Crippen LogP contribution >= 0.6 is 0 Å². The van der Waals surface area contributed by atoms with Crippen LogP contribution in [0.5, 0.6) is 0 Å². The zero-order valence-corrected chi connectivity index (χ0v) is 10.9. The molecule has 2 atom stereocenters. The molecule has 0 aromatic carbocycles. The molecular formula is C11H19N3O3. The van der Waals surface area contributed by atoms with Crippen LogP contribution in [-0.2, 0) is 9.53 Å². The van der Waals surface area contributed by atoms with Crippen LogP contribution in [0.15, 0.2) is 4.52 Å². The number of esters is 1. The van der Waals surface area contributed by atoms with Crippen molar-refractivity contribution in [3.8, 4) is 0 Å². The van der Waals surface area contributed by atoms with Crippen molar-refractivity contribution < 1.29 is 14.1 Å². The highest BCUT2D eigenvalue weighted by Gasteiger charge is 2.22. The summed E-state index contributed by atoms with van der Waals surface area (Å²) in [5, 5.41) is 3.87. The van der Waals surface area contributed by atoms with Crippen LogP contribution in [0.4, 0.5) is 0 Å². The summed E-state index contributed by atoms with van der Waals surface area (Å²) in [6.07, 6.45) is 0. The van der Waals surface area contributed by atoms with E-state index in [1.54, 1.807) is 6.92 Å². The summed E-state index contributed by atoms with van der Waals surface area (Å²) in [6, 6.07) is -0.000411. The van der Waals surface area contributed by atoms with Gasteiger partial charge in [-0.05, 0) is 14.0 Å². The molecule has 96 valence electrons. The second-order valence-corrected chi connectivity index (χ2v) is 4.21. The van der Waals surface area contributed by atoms with Gasteiger partial charge in [-0.15, -0.1) is 0 Å². The highest BCUT2D eigenvalue weighted by atomic mass is 16.5. The predicted octanol–water partition coefficient (Wildman–Crippen LogP) is 1.18. The van der Waals surface area contributed by atoms with E-state index in [4.69, 9.17) is 4.52 Å². The lowest BCUT2D eigenvalue weighted by molar-refractivity contribution is -0.145. The molecule has 0 aliphatic carbocycles. The topological polar surface area (TPSA) is 68.5 Å². The molecule has 1 aromatic rings. The molecule has 0 unspecified atom stereocenters. The molecule has 6 heteroatoms. The number of carbonyl (C=O) groups is 1. The van der Waals surface area contributed by atoms with E-state index >= 15 is 0 Å². The summed E-state index contributed by atoms with van der Waals surface area (Å²) in [6.45, 7) is 6.13. The quantitative estimate of drug-likeness (QED) is 0.721. The van der Waals surface area contributed by atoms with E-state index in [2.05, 4.69) is 14.9 Å². The van der Waals surface area contributed by atoms with Gasteiger partial charge in [-0.3, -0.25) is 9.69 Å². The molecule has 1 aromatic heterocycles. The molecule has 17 heavy (non-hydrogen) atoms. The normalized spacial score (nSPS) is 14.7. The third-order valence-corrected chi connectivity index (χ3v) is 2.74. The van der Waals surface area contributed by atoms with Gasteiger partial charge in [0.05, 0.1) is 19.1 Å². The van der Waals surface area contributed by atoms with E-state index in [1.807, 2.05) is 25.8 Å². The smallest absolute Gasteiger partial charge is 0.309 e. The fourth-order valence-corrected chi connectivity index (χ4v) is 1.55. The van der Waals surface area contributed by atoms with Crippen LogP contribution in [0.1, 0.15) is 31.6 Å². The fourth-order valence-electron chi connectivity index (χ4n) is 1.55. The number of carbonyl (C=O) groups excluding carboxylic acids is 1. The van der Waals surface area contributed by atoms with Gasteiger partial charge in [0.2, 0.25) is 5.89 Å². The zero-order chi connectivity index (χ0) is 13.0. The molecule has 0 bridgehead atoms. The van der Waals surface area contributed by atoms with Crippen LogP contribution in [0.3, 0.4) is 0 Å². The maximum Gasteiger partial charge on any atom is 0.309 e. The molecule has 0 saturated heterocycles. The van der Waals surface area contributed by atoms with Gasteiger partial charge in [-0.25, -0.2) is 0 Å². The van der Waals surface area contributed by atoms with Crippen LogP contribution in [0.25, 0.3) is 0 Å². The van der Waals surface area contributed by atoms with Gasteiger partial charge in [0.15, 0.2) is 5.82 Å².